The summed E-state index contributed by atoms with van der Waals surface area (Å²) in [7, 11) is 3.29. The van der Waals surface area contributed by atoms with E-state index in [1.807, 2.05) is 23.1 Å². The van der Waals surface area contributed by atoms with Crippen LogP contribution in [0, 0.1) is 0 Å². The summed E-state index contributed by atoms with van der Waals surface area (Å²) >= 11 is 0. The zero-order chi connectivity index (χ0) is 12.6. The number of hydrogen-bond acceptors (Lipinski definition) is 5. The van der Waals surface area contributed by atoms with E-state index in [-0.39, 0.29) is 5.91 Å². The quantitative estimate of drug-likeness (QED) is 0.611. The first-order valence-corrected chi connectivity index (χ1v) is 8.24. The third-order valence-corrected chi connectivity index (χ3v) is 4.81. The van der Waals surface area contributed by atoms with E-state index >= 15 is 0 Å². The Morgan fingerprint density at radius 2 is 2.22 bits per heavy atom. The van der Waals surface area contributed by atoms with Gasteiger partial charge >= 0.3 is 0 Å². The summed E-state index contributed by atoms with van der Waals surface area (Å²) in [6.45, 7) is 2.80. The highest BCUT2D eigenvalue weighted by Crippen LogP contribution is 2.29. The number of amides is 1. The van der Waals surface area contributed by atoms with Crippen molar-refractivity contribution in [3.63, 3.8) is 0 Å². The predicted molar refractivity (Wildman–Crippen MR) is 74.6 cm³/mol. The smallest absolute Gasteiger partial charge is 0.223 e. The maximum absolute atomic E-state index is 11.8. The lowest BCUT2D eigenvalue weighted by molar-refractivity contribution is -0.134. The molecule has 0 atom stereocenters. The molecule has 0 aliphatic carbocycles. The van der Waals surface area contributed by atoms with Gasteiger partial charge in [0, 0.05) is 31.5 Å². The van der Waals surface area contributed by atoms with Gasteiger partial charge in [-0.15, -0.1) is 0 Å². The van der Waals surface area contributed by atoms with E-state index in [1.54, 1.807) is 27.8 Å². The summed E-state index contributed by atoms with van der Waals surface area (Å²) in [5.74, 6) is 1.05. The van der Waals surface area contributed by atoms with Crippen LogP contribution in [0.2, 0.25) is 0 Å². The van der Waals surface area contributed by atoms with Crippen LogP contribution in [0.15, 0.2) is 29.4 Å². The number of nitrogens with zero attached hydrogens (tertiary/aromatic N) is 2. The van der Waals surface area contributed by atoms with Gasteiger partial charge in [0.15, 0.2) is 0 Å². The van der Waals surface area contributed by atoms with Gasteiger partial charge < -0.3 is 9.64 Å². The Morgan fingerprint density at radius 1 is 1.39 bits per heavy atom. The molecule has 18 heavy (non-hydrogen) atoms. The molecule has 1 aromatic rings. The Hall–Kier alpha value is -0.720. The number of hydrogen-bond donors (Lipinski definition) is 0. The molecule has 6 heteroatoms. The maximum Gasteiger partial charge on any atom is 0.223 e. The van der Waals surface area contributed by atoms with Crippen LogP contribution in [0.5, 0.6) is 0 Å². The topological polar surface area (TPSA) is 42.4 Å². The molecule has 0 aromatic carbocycles. The van der Waals surface area contributed by atoms with Crippen molar-refractivity contribution in [1.29, 1.82) is 0 Å². The average Bonchev–Trinajstić information content (AvgIpc) is 2.45. The molecule has 0 spiro atoms. The van der Waals surface area contributed by atoms with E-state index in [4.69, 9.17) is 4.74 Å². The highest BCUT2D eigenvalue weighted by atomic mass is 33.1. The number of carbonyl (C=O) groups is 1. The largest absolute Gasteiger partial charge is 0.378 e. The van der Waals surface area contributed by atoms with Crippen LogP contribution in [0.4, 0.5) is 0 Å². The molecule has 0 radical (unpaired) electrons. The van der Waals surface area contributed by atoms with Crippen LogP contribution in [0.25, 0.3) is 0 Å². The van der Waals surface area contributed by atoms with E-state index in [1.165, 1.54) is 0 Å². The Balaban J connectivity index is 1.61. The molecule has 1 saturated heterocycles. The molecule has 1 aromatic heterocycles. The summed E-state index contributed by atoms with van der Waals surface area (Å²) in [5.41, 5.74) is 0. The second-order valence-corrected chi connectivity index (χ2v) is 6.25. The number of aromatic nitrogens is 1. The first-order chi connectivity index (χ1) is 8.86. The van der Waals surface area contributed by atoms with Gasteiger partial charge in [-0.1, -0.05) is 16.9 Å². The molecule has 1 amide bonds. The van der Waals surface area contributed by atoms with Gasteiger partial charge in [-0.05, 0) is 22.9 Å². The summed E-state index contributed by atoms with van der Waals surface area (Å²) in [4.78, 5) is 17.9. The Labute approximate surface area is 115 Å². The monoisotopic (exact) mass is 284 g/mol. The van der Waals surface area contributed by atoms with Crippen LogP contribution in [0.3, 0.4) is 0 Å². The molecule has 0 bridgehead atoms. The van der Waals surface area contributed by atoms with E-state index in [0.717, 1.165) is 23.9 Å². The normalized spacial score (nSPS) is 15.7. The summed E-state index contributed by atoms with van der Waals surface area (Å²) < 4.78 is 5.22. The zero-order valence-corrected chi connectivity index (χ0v) is 11.7. The SMILES string of the molecule is O=C(CCSSc1ccccn1)N1CCOCC1. The lowest BCUT2D eigenvalue weighted by Gasteiger charge is -2.26. The van der Waals surface area contributed by atoms with Gasteiger partial charge in [-0.3, -0.25) is 4.79 Å². The van der Waals surface area contributed by atoms with Crippen LogP contribution in [-0.4, -0.2) is 47.8 Å². The number of pyridine rings is 1. The predicted octanol–water partition coefficient (Wildman–Crippen LogP) is 2.07. The Morgan fingerprint density at radius 3 is 2.94 bits per heavy atom. The van der Waals surface area contributed by atoms with Crippen LogP contribution >= 0.6 is 21.6 Å². The Bertz CT molecular complexity index is 370. The second-order valence-electron chi connectivity index (χ2n) is 3.82. The molecular formula is C12H16N2O2S2. The lowest BCUT2D eigenvalue weighted by atomic mass is 10.3. The van der Waals surface area contributed by atoms with E-state index in [9.17, 15) is 4.79 Å². The van der Waals surface area contributed by atoms with Gasteiger partial charge in [-0.25, -0.2) is 4.98 Å². The second kappa shape index (κ2) is 7.66. The first kappa shape index (κ1) is 13.7. The van der Waals surface area contributed by atoms with Crippen LogP contribution in [-0.2, 0) is 9.53 Å². The van der Waals surface area contributed by atoms with Crippen molar-refractivity contribution in [3.05, 3.63) is 24.4 Å². The molecule has 0 unspecified atom stereocenters. The Kier molecular flexibility index (Phi) is 5.83. The van der Waals surface area contributed by atoms with E-state index < -0.39 is 0 Å². The number of rotatable bonds is 5. The molecule has 1 fully saturated rings. The molecule has 2 rings (SSSR count). The third-order valence-electron chi connectivity index (χ3n) is 2.55. The molecular weight excluding hydrogens is 268 g/mol. The van der Waals surface area contributed by atoms with Gasteiger partial charge in [0.1, 0.15) is 5.03 Å². The van der Waals surface area contributed by atoms with Crippen molar-refractivity contribution in [1.82, 2.24) is 9.88 Å². The number of morpholine rings is 1. The van der Waals surface area contributed by atoms with Gasteiger partial charge in [0.25, 0.3) is 0 Å². The lowest BCUT2D eigenvalue weighted by Crippen LogP contribution is -2.40. The first-order valence-electron chi connectivity index (χ1n) is 5.92. The molecule has 2 heterocycles. The molecule has 98 valence electrons. The van der Waals surface area contributed by atoms with E-state index in [0.29, 0.717) is 19.6 Å². The molecule has 0 N–H and O–H groups in total. The zero-order valence-electron chi connectivity index (χ0n) is 10.1. The average molecular weight is 284 g/mol. The van der Waals surface area contributed by atoms with Crippen molar-refractivity contribution >= 4 is 27.5 Å². The van der Waals surface area contributed by atoms with E-state index in [2.05, 4.69) is 4.98 Å². The number of ether oxygens (including phenoxy) is 1. The van der Waals surface area contributed by atoms with Crippen molar-refractivity contribution < 1.29 is 9.53 Å². The third kappa shape index (κ3) is 4.51. The summed E-state index contributed by atoms with van der Waals surface area (Å²) in [5, 5.41) is 0.987. The van der Waals surface area contributed by atoms with Crippen LogP contribution < -0.4 is 0 Å². The minimum Gasteiger partial charge on any atom is -0.378 e. The molecule has 1 aliphatic rings. The fourth-order valence-electron chi connectivity index (χ4n) is 1.60. The minimum absolute atomic E-state index is 0.229. The maximum atomic E-state index is 11.8. The molecule has 4 nitrogen and oxygen atoms in total. The van der Waals surface area contributed by atoms with Crippen molar-refractivity contribution in [2.75, 3.05) is 32.1 Å². The minimum atomic E-state index is 0.229. The fourth-order valence-corrected chi connectivity index (χ4v) is 3.46. The highest BCUT2D eigenvalue weighted by molar-refractivity contribution is 8.76. The molecule has 1 aliphatic heterocycles. The number of carbonyl (C=O) groups excluding carboxylic acids is 1. The van der Waals surface area contributed by atoms with Gasteiger partial charge in [-0.2, -0.15) is 0 Å². The van der Waals surface area contributed by atoms with Crippen LogP contribution in [0.1, 0.15) is 6.42 Å². The van der Waals surface area contributed by atoms with Gasteiger partial charge in [0.05, 0.1) is 13.2 Å². The summed E-state index contributed by atoms with van der Waals surface area (Å²) in [6.07, 6.45) is 2.37. The molecule has 0 saturated carbocycles. The highest BCUT2D eigenvalue weighted by Gasteiger charge is 2.16. The van der Waals surface area contributed by atoms with Crippen molar-refractivity contribution in [2.45, 2.75) is 11.4 Å². The standard InChI is InChI=1S/C12H16N2O2S2/c15-12(14-6-8-16-9-7-14)4-10-17-18-11-3-1-2-5-13-11/h1-3,5H,4,6-10H2. The fraction of sp³-hybridized carbons (Fsp3) is 0.500. The van der Waals surface area contributed by atoms with Crippen molar-refractivity contribution in [2.24, 2.45) is 0 Å². The van der Waals surface area contributed by atoms with Gasteiger partial charge in [0.2, 0.25) is 5.91 Å². The van der Waals surface area contributed by atoms with Crippen molar-refractivity contribution in [3.8, 4) is 0 Å². The summed E-state index contributed by atoms with van der Waals surface area (Å²) in [6, 6.07) is 5.84.